The van der Waals surface area contributed by atoms with Crippen molar-refractivity contribution in [1.29, 1.82) is 0 Å². The van der Waals surface area contributed by atoms with Crippen LogP contribution in [0.3, 0.4) is 0 Å². The predicted octanol–water partition coefficient (Wildman–Crippen LogP) is 0.446. The fraction of sp³-hybridized carbons (Fsp3) is 0.455. The third kappa shape index (κ3) is 2.20. The van der Waals surface area contributed by atoms with Crippen molar-refractivity contribution in [3.8, 4) is 0 Å². The van der Waals surface area contributed by atoms with E-state index in [-0.39, 0.29) is 12.5 Å². The zero-order valence-corrected chi connectivity index (χ0v) is 9.19. The van der Waals surface area contributed by atoms with Crippen LogP contribution in [0.25, 0.3) is 0 Å². The molecular formula is C11H15N3O2. The van der Waals surface area contributed by atoms with Crippen LogP contribution in [0.5, 0.6) is 0 Å². The summed E-state index contributed by atoms with van der Waals surface area (Å²) < 4.78 is 5.14. The monoisotopic (exact) mass is 221 g/mol. The number of hydrogen-bond acceptors (Lipinski definition) is 4. The largest absolute Gasteiger partial charge is 0.379 e. The highest BCUT2D eigenvalue weighted by Gasteiger charge is 2.38. The van der Waals surface area contributed by atoms with Gasteiger partial charge in [-0.05, 0) is 25.5 Å². The van der Waals surface area contributed by atoms with Crippen LogP contribution in [0.2, 0.25) is 0 Å². The molecule has 86 valence electrons. The number of amides is 1. The lowest BCUT2D eigenvalue weighted by Gasteiger charge is -2.20. The molecule has 0 spiro atoms. The molecule has 0 radical (unpaired) electrons. The number of nitrogens with two attached hydrogens (primary N) is 1. The van der Waals surface area contributed by atoms with Crippen LogP contribution in [0.4, 0.5) is 5.82 Å². The van der Waals surface area contributed by atoms with Gasteiger partial charge in [0.05, 0.1) is 6.61 Å². The van der Waals surface area contributed by atoms with Gasteiger partial charge in [-0.2, -0.15) is 0 Å². The first-order valence-electron chi connectivity index (χ1n) is 5.22. The quantitative estimate of drug-likeness (QED) is 0.760. The van der Waals surface area contributed by atoms with Crippen LogP contribution < -0.4 is 11.1 Å². The minimum atomic E-state index is -0.911. The summed E-state index contributed by atoms with van der Waals surface area (Å²) in [5.74, 6) is 0.296. The summed E-state index contributed by atoms with van der Waals surface area (Å²) in [5, 5.41) is 2.71. The molecule has 1 aliphatic heterocycles. The van der Waals surface area contributed by atoms with E-state index in [0.717, 1.165) is 5.69 Å². The molecule has 5 nitrogen and oxygen atoms in total. The van der Waals surface area contributed by atoms with Gasteiger partial charge in [0.15, 0.2) is 0 Å². The van der Waals surface area contributed by atoms with Gasteiger partial charge in [-0.15, -0.1) is 0 Å². The van der Waals surface area contributed by atoms with E-state index in [1.54, 1.807) is 6.07 Å². The van der Waals surface area contributed by atoms with Crippen LogP contribution in [0.1, 0.15) is 12.1 Å². The minimum Gasteiger partial charge on any atom is -0.379 e. The van der Waals surface area contributed by atoms with Gasteiger partial charge < -0.3 is 15.8 Å². The maximum absolute atomic E-state index is 11.9. The highest BCUT2D eigenvalue weighted by Crippen LogP contribution is 2.17. The number of carbonyl (C=O) groups excluding carboxylic acids is 1. The third-order valence-corrected chi connectivity index (χ3v) is 2.63. The first-order valence-corrected chi connectivity index (χ1v) is 5.22. The Hall–Kier alpha value is -1.46. The van der Waals surface area contributed by atoms with Crippen LogP contribution in [0.15, 0.2) is 18.2 Å². The Kier molecular flexibility index (Phi) is 2.89. The summed E-state index contributed by atoms with van der Waals surface area (Å²) in [4.78, 5) is 16.1. The number of anilines is 1. The summed E-state index contributed by atoms with van der Waals surface area (Å²) >= 11 is 0. The van der Waals surface area contributed by atoms with Gasteiger partial charge in [0.1, 0.15) is 11.4 Å². The number of hydrogen-bond donors (Lipinski definition) is 2. The Morgan fingerprint density at radius 1 is 1.62 bits per heavy atom. The van der Waals surface area contributed by atoms with Gasteiger partial charge in [-0.3, -0.25) is 4.79 Å². The number of rotatable bonds is 2. The van der Waals surface area contributed by atoms with E-state index in [0.29, 0.717) is 18.8 Å². The van der Waals surface area contributed by atoms with E-state index in [2.05, 4.69) is 10.3 Å². The summed E-state index contributed by atoms with van der Waals surface area (Å²) in [6.07, 6.45) is 0.546. The molecule has 1 saturated heterocycles. The van der Waals surface area contributed by atoms with Crippen molar-refractivity contribution < 1.29 is 9.53 Å². The Bertz CT molecular complexity index is 400. The van der Waals surface area contributed by atoms with Crippen LogP contribution in [-0.2, 0) is 9.53 Å². The lowest BCUT2D eigenvalue weighted by atomic mass is 9.99. The molecule has 3 N–H and O–H groups in total. The predicted molar refractivity (Wildman–Crippen MR) is 60.0 cm³/mol. The summed E-state index contributed by atoms with van der Waals surface area (Å²) in [6, 6.07) is 5.45. The number of aromatic nitrogens is 1. The molecule has 1 fully saturated rings. The highest BCUT2D eigenvalue weighted by molar-refractivity contribution is 5.97. The number of aryl methyl sites for hydroxylation is 1. The van der Waals surface area contributed by atoms with Crippen LogP contribution in [0, 0.1) is 6.92 Å². The van der Waals surface area contributed by atoms with Gasteiger partial charge in [-0.1, -0.05) is 6.07 Å². The standard InChI is InChI=1S/C11H15N3O2/c1-8-3-2-4-9(13-8)14-10(15)11(12)5-6-16-7-11/h2-4H,5-7,12H2,1H3,(H,13,14,15). The van der Waals surface area contributed by atoms with Crippen molar-refractivity contribution in [2.24, 2.45) is 5.73 Å². The molecule has 0 aliphatic carbocycles. The normalized spacial score (nSPS) is 24.4. The fourth-order valence-electron chi connectivity index (χ4n) is 1.61. The van der Waals surface area contributed by atoms with Gasteiger partial charge in [0.25, 0.3) is 0 Å². The Labute approximate surface area is 94.0 Å². The topological polar surface area (TPSA) is 77.2 Å². The Morgan fingerprint density at radius 3 is 3.06 bits per heavy atom. The lowest BCUT2D eigenvalue weighted by molar-refractivity contribution is -0.121. The average molecular weight is 221 g/mol. The molecule has 2 rings (SSSR count). The maximum atomic E-state index is 11.9. The Balaban J connectivity index is 2.07. The molecule has 5 heteroatoms. The van der Waals surface area contributed by atoms with Crippen molar-refractivity contribution in [1.82, 2.24) is 4.98 Å². The maximum Gasteiger partial charge on any atom is 0.248 e. The van der Waals surface area contributed by atoms with Gasteiger partial charge in [0, 0.05) is 12.3 Å². The second kappa shape index (κ2) is 4.19. The second-order valence-corrected chi connectivity index (χ2v) is 4.08. The van der Waals surface area contributed by atoms with Crippen molar-refractivity contribution in [2.45, 2.75) is 18.9 Å². The van der Waals surface area contributed by atoms with E-state index in [1.807, 2.05) is 19.1 Å². The average Bonchev–Trinajstić information content (AvgIpc) is 2.66. The van der Waals surface area contributed by atoms with Gasteiger partial charge in [0.2, 0.25) is 5.91 Å². The second-order valence-electron chi connectivity index (χ2n) is 4.08. The van der Waals surface area contributed by atoms with Crippen LogP contribution >= 0.6 is 0 Å². The SMILES string of the molecule is Cc1cccc(NC(=O)C2(N)CCOC2)n1. The zero-order valence-electron chi connectivity index (χ0n) is 9.19. The number of ether oxygens (including phenoxy) is 1. The fourth-order valence-corrected chi connectivity index (χ4v) is 1.61. The number of pyridine rings is 1. The van der Waals surface area contributed by atoms with Crippen molar-refractivity contribution in [2.75, 3.05) is 18.5 Å². The molecule has 1 aromatic heterocycles. The molecule has 0 aromatic carbocycles. The van der Waals surface area contributed by atoms with E-state index in [9.17, 15) is 4.79 Å². The minimum absolute atomic E-state index is 0.233. The summed E-state index contributed by atoms with van der Waals surface area (Å²) in [7, 11) is 0. The smallest absolute Gasteiger partial charge is 0.248 e. The van der Waals surface area contributed by atoms with Crippen molar-refractivity contribution in [3.63, 3.8) is 0 Å². The number of nitrogens with one attached hydrogen (secondary N) is 1. The molecular weight excluding hydrogens is 206 g/mol. The molecule has 16 heavy (non-hydrogen) atoms. The first-order chi connectivity index (χ1) is 7.60. The van der Waals surface area contributed by atoms with Gasteiger partial charge in [-0.25, -0.2) is 4.98 Å². The molecule has 1 aliphatic rings. The molecule has 1 unspecified atom stereocenters. The van der Waals surface area contributed by atoms with Gasteiger partial charge >= 0.3 is 0 Å². The van der Waals surface area contributed by atoms with E-state index in [4.69, 9.17) is 10.5 Å². The van der Waals surface area contributed by atoms with Crippen molar-refractivity contribution in [3.05, 3.63) is 23.9 Å². The third-order valence-electron chi connectivity index (χ3n) is 2.63. The molecule has 1 amide bonds. The molecule has 1 aromatic rings. The molecule has 0 saturated carbocycles. The van der Waals surface area contributed by atoms with E-state index in [1.165, 1.54) is 0 Å². The summed E-state index contributed by atoms with van der Waals surface area (Å²) in [5.41, 5.74) is 5.87. The van der Waals surface area contributed by atoms with Crippen molar-refractivity contribution >= 4 is 11.7 Å². The van der Waals surface area contributed by atoms with E-state index >= 15 is 0 Å². The van der Waals surface area contributed by atoms with Crippen LogP contribution in [-0.4, -0.2) is 29.6 Å². The number of nitrogens with zero attached hydrogens (tertiary/aromatic N) is 1. The highest BCUT2D eigenvalue weighted by atomic mass is 16.5. The first kappa shape index (κ1) is 11.0. The molecule has 1 atom stereocenters. The zero-order chi connectivity index (χ0) is 11.6. The molecule has 0 bridgehead atoms. The molecule has 2 heterocycles. The Morgan fingerprint density at radius 2 is 2.44 bits per heavy atom. The number of carbonyl (C=O) groups is 1. The lowest BCUT2D eigenvalue weighted by Crippen LogP contribution is -2.51. The van der Waals surface area contributed by atoms with E-state index < -0.39 is 5.54 Å². The summed E-state index contributed by atoms with van der Waals surface area (Å²) in [6.45, 7) is 2.67.